The fourth-order valence-electron chi connectivity index (χ4n) is 2.57. The number of carboxylic acids is 1. The van der Waals surface area contributed by atoms with Gasteiger partial charge in [-0.1, -0.05) is 12.8 Å². The number of rotatable bonds is 6. The Morgan fingerprint density at radius 3 is 2.57 bits per heavy atom. The van der Waals surface area contributed by atoms with Crippen molar-refractivity contribution in [2.45, 2.75) is 45.6 Å². The first-order valence-electron chi connectivity index (χ1n) is 7.39. The van der Waals surface area contributed by atoms with Crippen molar-refractivity contribution >= 4 is 18.0 Å². The third-order valence-corrected chi connectivity index (χ3v) is 3.74. The number of urea groups is 1. The molecule has 0 saturated heterocycles. The summed E-state index contributed by atoms with van der Waals surface area (Å²) in [6, 6.07) is -1.21. The first kappa shape index (κ1) is 17.3. The zero-order valence-electron chi connectivity index (χ0n) is 12.6. The van der Waals surface area contributed by atoms with Crippen LogP contribution in [0.15, 0.2) is 0 Å². The monoisotopic (exact) mass is 300 g/mol. The van der Waals surface area contributed by atoms with E-state index in [1.165, 1.54) is 6.92 Å². The van der Waals surface area contributed by atoms with Crippen LogP contribution in [0, 0.1) is 11.8 Å². The van der Waals surface area contributed by atoms with E-state index in [-0.39, 0.29) is 12.5 Å². The molecule has 0 aromatic rings. The number of carboxylic acid groups (broad SMARTS) is 1. The van der Waals surface area contributed by atoms with Gasteiger partial charge in [-0.05, 0) is 32.6 Å². The highest BCUT2D eigenvalue weighted by Crippen LogP contribution is 2.29. The third-order valence-electron chi connectivity index (χ3n) is 3.74. The zero-order valence-corrected chi connectivity index (χ0v) is 12.6. The molecular formula is C14H24N2O5. The van der Waals surface area contributed by atoms with Crippen LogP contribution in [0.4, 0.5) is 4.79 Å². The summed E-state index contributed by atoms with van der Waals surface area (Å²) >= 11 is 0. The summed E-state index contributed by atoms with van der Waals surface area (Å²) in [7, 11) is 0. The van der Waals surface area contributed by atoms with Gasteiger partial charge in [0.15, 0.2) is 0 Å². The first-order chi connectivity index (χ1) is 9.95. The molecule has 0 aromatic heterocycles. The molecule has 1 aliphatic carbocycles. The molecule has 1 saturated carbocycles. The van der Waals surface area contributed by atoms with Crippen LogP contribution in [0.5, 0.6) is 0 Å². The van der Waals surface area contributed by atoms with Crippen molar-refractivity contribution in [3.05, 3.63) is 0 Å². The van der Waals surface area contributed by atoms with Gasteiger partial charge in [-0.2, -0.15) is 0 Å². The predicted octanol–water partition coefficient (Wildman–Crippen LogP) is 1.13. The number of ether oxygens (including phenoxy) is 1. The van der Waals surface area contributed by atoms with Crippen molar-refractivity contribution in [2.75, 3.05) is 13.2 Å². The summed E-state index contributed by atoms with van der Waals surface area (Å²) < 4.78 is 4.79. The maximum Gasteiger partial charge on any atom is 0.328 e. The summed E-state index contributed by atoms with van der Waals surface area (Å²) in [5, 5.41) is 14.3. The van der Waals surface area contributed by atoms with Crippen LogP contribution in [0.25, 0.3) is 0 Å². The van der Waals surface area contributed by atoms with Crippen molar-refractivity contribution < 1.29 is 24.2 Å². The average molecular weight is 300 g/mol. The van der Waals surface area contributed by atoms with Crippen LogP contribution in [0.3, 0.4) is 0 Å². The number of hydrogen-bond acceptors (Lipinski definition) is 4. The van der Waals surface area contributed by atoms with Crippen LogP contribution in [0.2, 0.25) is 0 Å². The zero-order chi connectivity index (χ0) is 15.8. The van der Waals surface area contributed by atoms with Gasteiger partial charge >= 0.3 is 18.0 Å². The maximum absolute atomic E-state index is 11.7. The number of aliphatic carboxylic acids is 1. The second-order valence-electron chi connectivity index (χ2n) is 5.32. The first-order valence-corrected chi connectivity index (χ1v) is 7.39. The quantitative estimate of drug-likeness (QED) is 0.638. The Morgan fingerprint density at radius 2 is 1.95 bits per heavy atom. The molecular weight excluding hydrogens is 276 g/mol. The van der Waals surface area contributed by atoms with Crippen molar-refractivity contribution in [3.63, 3.8) is 0 Å². The van der Waals surface area contributed by atoms with Gasteiger partial charge in [0.2, 0.25) is 0 Å². The molecule has 2 amide bonds. The van der Waals surface area contributed by atoms with Crippen LogP contribution in [-0.4, -0.2) is 42.3 Å². The number of esters is 1. The van der Waals surface area contributed by atoms with Gasteiger partial charge < -0.3 is 20.5 Å². The normalized spacial score (nSPS) is 23.0. The molecule has 7 heteroatoms. The predicted molar refractivity (Wildman–Crippen MR) is 75.7 cm³/mol. The van der Waals surface area contributed by atoms with Crippen molar-refractivity contribution in [1.29, 1.82) is 0 Å². The minimum atomic E-state index is -0.804. The highest BCUT2D eigenvalue weighted by Gasteiger charge is 2.31. The van der Waals surface area contributed by atoms with Gasteiger partial charge in [-0.15, -0.1) is 0 Å². The second-order valence-corrected chi connectivity index (χ2v) is 5.32. The summed E-state index contributed by atoms with van der Waals surface area (Å²) in [6.07, 6.45) is 3.35. The second kappa shape index (κ2) is 8.49. The van der Waals surface area contributed by atoms with Gasteiger partial charge in [-0.3, -0.25) is 4.79 Å². The molecule has 0 heterocycles. The van der Waals surface area contributed by atoms with Gasteiger partial charge in [0, 0.05) is 6.54 Å². The van der Waals surface area contributed by atoms with Crippen LogP contribution in [0.1, 0.15) is 39.5 Å². The molecule has 3 unspecified atom stereocenters. The number of amides is 2. The van der Waals surface area contributed by atoms with Gasteiger partial charge in [0.25, 0.3) is 0 Å². The Kier molecular flexibility index (Phi) is 6.98. The maximum atomic E-state index is 11.7. The SMILES string of the molecule is CCOC(=O)C(C)NC(=O)NCC1CCCCC1C(=O)O. The standard InChI is InChI=1S/C14H24N2O5/c1-3-21-13(19)9(2)16-14(20)15-8-10-6-4-5-7-11(10)12(17)18/h9-11H,3-8H2,1-2H3,(H,17,18)(H2,15,16,20). The molecule has 0 aliphatic heterocycles. The van der Waals surface area contributed by atoms with Gasteiger partial charge in [0.1, 0.15) is 6.04 Å². The molecule has 0 radical (unpaired) electrons. The van der Waals surface area contributed by atoms with E-state index in [1.54, 1.807) is 6.92 Å². The van der Waals surface area contributed by atoms with E-state index in [1.807, 2.05) is 0 Å². The Hall–Kier alpha value is -1.79. The summed E-state index contributed by atoms with van der Waals surface area (Å²) in [5.74, 6) is -1.75. The molecule has 7 nitrogen and oxygen atoms in total. The Morgan fingerprint density at radius 1 is 1.29 bits per heavy atom. The lowest BCUT2D eigenvalue weighted by atomic mass is 9.79. The minimum Gasteiger partial charge on any atom is -0.481 e. The minimum absolute atomic E-state index is 0.0556. The molecule has 120 valence electrons. The summed E-state index contributed by atoms with van der Waals surface area (Å²) in [4.78, 5) is 34.2. The van der Waals surface area contributed by atoms with Crippen molar-refractivity contribution in [1.82, 2.24) is 10.6 Å². The molecule has 21 heavy (non-hydrogen) atoms. The molecule has 0 spiro atoms. The Bertz CT molecular complexity index is 386. The smallest absolute Gasteiger partial charge is 0.328 e. The lowest BCUT2D eigenvalue weighted by Gasteiger charge is -2.28. The Balaban J connectivity index is 2.37. The molecule has 1 rings (SSSR count). The van der Waals surface area contributed by atoms with Crippen molar-refractivity contribution in [2.24, 2.45) is 11.8 Å². The lowest BCUT2D eigenvalue weighted by Crippen LogP contribution is -2.47. The third kappa shape index (κ3) is 5.61. The highest BCUT2D eigenvalue weighted by atomic mass is 16.5. The molecule has 0 aromatic carbocycles. The summed E-state index contributed by atoms with van der Waals surface area (Å²) in [6.45, 7) is 3.80. The number of nitrogens with one attached hydrogen (secondary N) is 2. The van der Waals surface area contributed by atoms with Gasteiger partial charge in [0.05, 0.1) is 12.5 Å². The molecule has 3 N–H and O–H groups in total. The lowest BCUT2D eigenvalue weighted by molar-refractivity contribution is -0.145. The van der Waals surface area contributed by atoms with Crippen molar-refractivity contribution in [3.8, 4) is 0 Å². The fourth-order valence-corrected chi connectivity index (χ4v) is 2.57. The highest BCUT2D eigenvalue weighted by molar-refractivity contribution is 5.83. The molecule has 3 atom stereocenters. The van der Waals surface area contributed by atoms with Gasteiger partial charge in [-0.25, -0.2) is 9.59 Å². The van der Waals surface area contributed by atoms with Crippen LogP contribution >= 0.6 is 0 Å². The van der Waals surface area contributed by atoms with E-state index in [0.29, 0.717) is 13.0 Å². The van der Waals surface area contributed by atoms with Crippen LogP contribution in [-0.2, 0) is 14.3 Å². The Labute approximate surface area is 124 Å². The summed E-state index contributed by atoms with van der Waals surface area (Å²) in [5.41, 5.74) is 0. The van der Waals surface area contributed by atoms with E-state index >= 15 is 0 Å². The van der Waals surface area contributed by atoms with E-state index in [0.717, 1.165) is 19.3 Å². The topological polar surface area (TPSA) is 105 Å². The van der Waals surface area contributed by atoms with Crippen LogP contribution < -0.4 is 10.6 Å². The number of carbonyl (C=O) groups is 3. The van der Waals surface area contributed by atoms with E-state index in [9.17, 15) is 14.4 Å². The van der Waals surface area contributed by atoms with E-state index in [2.05, 4.69) is 10.6 Å². The average Bonchev–Trinajstić information content (AvgIpc) is 2.45. The van der Waals surface area contributed by atoms with E-state index < -0.39 is 29.9 Å². The fraction of sp³-hybridized carbons (Fsp3) is 0.786. The number of hydrogen-bond donors (Lipinski definition) is 3. The molecule has 1 fully saturated rings. The molecule has 1 aliphatic rings. The molecule has 0 bridgehead atoms. The number of carbonyl (C=O) groups excluding carboxylic acids is 2. The largest absolute Gasteiger partial charge is 0.481 e. The van der Waals surface area contributed by atoms with E-state index in [4.69, 9.17) is 9.84 Å².